The molecule has 4 heteroatoms. The molecule has 2 N–H and O–H groups in total. The lowest BCUT2D eigenvalue weighted by atomic mass is 9.97. The maximum atomic E-state index is 10.1. The molecule has 0 saturated carbocycles. The van der Waals surface area contributed by atoms with Crippen molar-refractivity contribution in [2.75, 3.05) is 6.54 Å². The van der Waals surface area contributed by atoms with E-state index in [-0.39, 0.29) is 0 Å². The summed E-state index contributed by atoms with van der Waals surface area (Å²) in [7, 11) is 0. The minimum absolute atomic E-state index is 0.586. The number of aliphatic hydroxyl groups is 1. The van der Waals surface area contributed by atoms with E-state index in [4.69, 9.17) is 11.6 Å². The van der Waals surface area contributed by atoms with Crippen LogP contribution in [0.5, 0.6) is 0 Å². The van der Waals surface area contributed by atoms with Crippen LogP contribution in [-0.2, 0) is 6.54 Å². The highest BCUT2D eigenvalue weighted by molar-refractivity contribution is 9.10. The average Bonchev–Trinajstić information content (AvgIpc) is 2.33. The molecule has 0 unspecified atom stereocenters. The van der Waals surface area contributed by atoms with Gasteiger partial charge in [0.2, 0.25) is 0 Å². The molecule has 0 spiro atoms. The molecule has 0 heterocycles. The number of benzene rings is 1. The quantitative estimate of drug-likeness (QED) is 0.837. The molecular formula is C13H19BrClNO. The zero-order valence-electron chi connectivity index (χ0n) is 10.3. The highest BCUT2D eigenvalue weighted by Gasteiger charge is 2.21. The maximum absolute atomic E-state index is 10.1. The first kappa shape index (κ1) is 15.0. The largest absolute Gasteiger partial charge is 0.389 e. The first-order valence-corrected chi connectivity index (χ1v) is 7.05. The van der Waals surface area contributed by atoms with Crippen LogP contribution >= 0.6 is 27.5 Å². The normalized spacial score (nSPS) is 11.8. The van der Waals surface area contributed by atoms with Crippen molar-refractivity contribution in [3.8, 4) is 0 Å². The molecule has 1 aromatic carbocycles. The number of hydrogen-bond acceptors (Lipinski definition) is 2. The Kier molecular flexibility index (Phi) is 5.93. The van der Waals surface area contributed by atoms with Crippen LogP contribution in [0.15, 0.2) is 22.7 Å². The molecule has 1 aromatic rings. The second-order valence-corrected chi connectivity index (χ2v) is 5.59. The van der Waals surface area contributed by atoms with E-state index < -0.39 is 5.60 Å². The van der Waals surface area contributed by atoms with E-state index in [9.17, 15) is 5.11 Å². The molecule has 96 valence electrons. The van der Waals surface area contributed by atoms with E-state index in [1.165, 1.54) is 0 Å². The topological polar surface area (TPSA) is 32.3 Å². The smallest absolute Gasteiger partial charge is 0.0766 e. The third-order valence-electron chi connectivity index (χ3n) is 3.09. The molecule has 0 radical (unpaired) electrons. The molecule has 17 heavy (non-hydrogen) atoms. The van der Waals surface area contributed by atoms with Gasteiger partial charge in [-0.2, -0.15) is 0 Å². The molecule has 0 aliphatic rings. The molecule has 0 aliphatic carbocycles. The van der Waals surface area contributed by atoms with E-state index in [0.717, 1.165) is 27.9 Å². The fraction of sp³-hybridized carbons (Fsp3) is 0.538. The molecule has 2 nitrogen and oxygen atoms in total. The summed E-state index contributed by atoms with van der Waals surface area (Å²) in [6.07, 6.45) is 1.51. The van der Waals surface area contributed by atoms with Gasteiger partial charge in [-0.15, -0.1) is 0 Å². The van der Waals surface area contributed by atoms with Crippen molar-refractivity contribution >= 4 is 27.5 Å². The highest BCUT2D eigenvalue weighted by Crippen LogP contribution is 2.21. The van der Waals surface area contributed by atoms with Gasteiger partial charge in [-0.3, -0.25) is 0 Å². The number of rotatable bonds is 6. The molecular weight excluding hydrogens is 302 g/mol. The second-order valence-electron chi connectivity index (χ2n) is 4.27. The molecule has 0 atom stereocenters. The van der Waals surface area contributed by atoms with E-state index >= 15 is 0 Å². The van der Waals surface area contributed by atoms with E-state index in [2.05, 4.69) is 21.2 Å². The Morgan fingerprint density at radius 1 is 1.35 bits per heavy atom. The molecule has 0 bridgehead atoms. The van der Waals surface area contributed by atoms with Crippen LogP contribution in [0.4, 0.5) is 0 Å². The number of halogens is 2. The van der Waals surface area contributed by atoms with Crippen molar-refractivity contribution in [3.05, 3.63) is 33.3 Å². The summed E-state index contributed by atoms with van der Waals surface area (Å²) in [5, 5.41) is 14.1. The zero-order valence-corrected chi connectivity index (χ0v) is 12.6. The Balaban J connectivity index is 2.53. The van der Waals surface area contributed by atoms with Gasteiger partial charge in [0.05, 0.1) is 5.60 Å². The van der Waals surface area contributed by atoms with Crippen molar-refractivity contribution in [1.29, 1.82) is 0 Å². The fourth-order valence-electron chi connectivity index (χ4n) is 1.61. The lowest BCUT2D eigenvalue weighted by molar-refractivity contribution is 0.0323. The lowest BCUT2D eigenvalue weighted by Crippen LogP contribution is -2.39. The second kappa shape index (κ2) is 6.74. The predicted molar refractivity (Wildman–Crippen MR) is 76.4 cm³/mol. The third-order valence-corrected chi connectivity index (χ3v) is 3.96. The van der Waals surface area contributed by atoms with Crippen molar-refractivity contribution in [3.63, 3.8) is 0 Å². The van der Waals surface area contributed by atoms with Crippen LogP contribution in [0, 0.1) is 0 Å². The number of hydrogen-bond donors (Lipinski definition) is 2. The molecule has 0 fully saturated rings. The molecule has 0 amide bonds. The van der Waals surface area contributed by atoms with Gasteiger partial charge in [0.15, 0.2) is 0 Å². The summed E-state index contributed by atoms with van der Waals surface area (Å²) in [6.45, 7) is 5.25. The molecule has 0 aliphatic heterocycles. The summed E-state index contributed by atoms with van der Waals surface area (Å²) in [4.78, 5) is 0. The SMILES string of the molecule is CCC(O)(CC)CNCc1cc(Br)ccc1Cl. The van der Waals surface area contributed by atoms with Crippen LogP contribution in [0.1, 0.15) is 32.3 Å². The van der Waals surface area contributed by atoms with Crippen molar-refractivity contribution < 1.29 is 5.11 Å². The van der Waals surface area contributed by atoms with Gasteiger partial charge in [-0.1, -0.05) is 41.4 Å². The molecule has 0 saturated heterocycles. The minimum Gasteiger partial charge on any atom is -0.389 e. The van der Waals surface area contributed by atoms with Crippen molar-refractivity contribution in [2.45, 2.75) is 38.8 Å². The average molecular weight is 321 g/mol. The van der Waals surface area contributed by atoms with E-state index in [1.807, 2.05) is 32.0 Å². The summed E-state index contributed by atoms with van der Waals surface area (Å²) in [5.74, 6) is 0. The molecule has 1 rings (SSSR count). The predicted octanol–water partition coefficient (Wildman–Crippen LogP) is 3.74. The van der Waals surface area contributed by atoms with Gasteiger partial charge in [-0.05, 0) is 36.6 Å². The Morgan fingerprint density at radius 3 is 2.59 bits per heavy atom. The Morgan fingerprint density at radius 2 is 2.00 bits per heavy atom. The van der Waals surface area contributed by atoms with Crippen molar-refractivity contribution in [2.24, 2.45) is 0 Å². The molecule has 0 aromatic heterocycles. The van der Waals surface area contributed by atoms with Crippen LogP contribution < -0.4 is 5.32 Å². The van der Waals surface area contributed by atoms with Gasteiger partial charge < -0.3 is 10.4 Å². The van der Waals surface area contributed by atoms with Gasteiger partial charge >= 0.3 is 0 Å². The fourth-order valence-corrected chi connectivity index (χ4v) is 2.20. The zero-order chi connectivity index (χ0) is 12.9. The Hall–Kier alpha value is -0.0900. The Bertz CT molecular complexity index is 366. The first-order valence-electron chi connectivity index (χ1n) is 5.88. The van der Waals surface area contributed by atoms with Crippen molar-refractivity contribution in [1.82, 2.24) is 5.32 Å². The summed E-state index contributed by atoms with van der Waals surface area (Å²) in [5.41, 5.74) is 0.425. The van der Waals surface area contributed by atoms with Crippen LogP contribution in [-0.4, -0.2) is 17.3 Å². The number of nitrogens with one attached hydrogen (secondary N) is 1. The van der Waals surface area contributed by atoms with Crippen LogP contribution in [0.2, 0.25) is 5.02 Å². The van der Waals surface area contributed by atoms with E-state index in [1.54, 1.807) is 0 Å². The van der Waals surface area contributed by atoms with Gasteiger partial charge in [0.1, 0.15) is 0 Å². The van der Waals surface area contributed by atoms with E-state index in [0.29, 0.717) is 13.1 Å². The third kappa shape index (κ3) is 4.59. The monoisotopic (exact) mass is 319 g/mol. The highest BCUT2D eigenvalue weighted by atomic mass is 79.9. The summed E-state index contributed by atoms with van der Waals surface area (Å²) in [6, 6.07) is 5.78. The van der Waals surface area contributed by atoms with Gasteiger partial charge in [0, 0.05) is 22.6 Å². The standard InChI is InChI=1S/C13H19BrClNO/c1-3-13(17,4-2)9-16-8-10-7-11(14)5-6-12(10)15/h5-7,16-17H,3-4,8-9H2,1-2H3. The lowest BCUT2D eigenvalue weighted by Gasteiger charge is -2.25. The van der Waals surface area contributed by atoms with Gasteiger partial charge in [-0.25, -0.2) is 0 Å². The van der Waals surface area contributed by atoms with Crippen LogP contribution in [0.3, 0.4) is 0 Å². The summed E-state index contributed by atoms with van der Waals surface area (Å²) >= 11 is 9.51. The van der Waals surface area contributed by atoms with Gasteiger partial charge in [0.25, 0.3) is 0 Å². The Labute approximate surface area is 117 Å². The summed E-state index contributed by atoms with van der Waals surface area (Å²) < 4.78 is 1.01. The first-order chi connectivity index (χ1) is 8.00. The maximum Gasteiger partial charge on any atom is 0.0766 e. The minimum atomic E-state index is -0.613. The van der Waals surface area contributed by atoms with Crippen LogP contribution in [0.25, 0.3) is 0 Å².